The molecule has 0 aromatic heterocycles. The summed E-state index contributed by atoms with van der Waals surface area (Å²) in [4.78, 5) is 15.0. The van der Waals surface area contributed by atoms with Crippen molar-refractivity contribution >= 4 is 11.4 Å². The summed E-state index contributed by atoms with van der Waals surface area (Å²) in [6.07, 6.45) is 1.35. The summed E-state index contributed by atoms with van der Waals surface area (Å²) in [7, 11) is 0. The zero-order valence-electron chi connectivity index (χ0n) is 9.79. The van der Waals surface area contributed by atoms with E-state index in [1.807, 2.05) is 0 Å². The smallest absolute Gasteiger partial charge is 0.270 e. The summed E-state index contributed by atoms with van der Waals surface area (Å²) < 4.78 is 27.5. The van der Waals surface area contributed by atoms with Crippen LogP contribution in [-0.2, 0) is 0 Å². The molecule has 2 rings (SSSR count). The van der Waals surface area contributed by atoms with Crippen LogP contribution >= 0.6 is 0 Å². The third-order valence-electron chi connectivity index (χ3n) is 2.84. The van der Waals surface area contributed by atoms with Crippen molar-refractivity contribution in [3.8, 4) is 6.07 Å². The van der Waals surface area contributed by atoms with E-state index in [1.54, 1.807) is 6.07 Å². The van der Waals surface area contributed by atoms with Gasteiger partial charge in [-0.15, -0.1) is 0 Å². The SMILES string of the molecule is [C-]#[N+]C(C#N)=C1/C(=C/C)C(=O)c2c(F)ccc(F)c21. The largest absolute Gasteiger partial charge is 0.289 e. The number of halogens is 2. The van der Waals surface area contributed by atoms with Crippen LogP contribution < -0.4 is 0 Å². The van der Waals surface area contributed by atoms with Crippen LogP contribution in [0.3, 0.4) is 0 Å². The van der Waals surface area contributed by atoms with Gasteiger partial charge in [0, 0.05) is 16.7 Å². The number of benzene rings is 1. The first kappa shape index (κ1) is 12.7. The molecular weight excluding hydrogens is 250 g/mol. The number of ketones is 1. The van der Waals surface area contributed by atoms with Crippen molar-refractivity contribution in [3.05, 3.63) is 63.7 Å². The van der Waals surface area contributed by atoms with Gasteiger partial charge in [-0.3, -0.25) is 4.79 Å². The van der Waals surface area contributed by atoms with E-state index < -0.39 is 28.7 Å². The van der Waals surface area contributed by atoms with Crippen molar-refractivity contribution in [2.24, 2.45) is 0 Å². The summed E-state index contributed by atoms with van der Waals surface area (Å²) in [6, 6.07) is 3.34. The molecule has 0 atom stereocenters. The maximum atomic E-state index is 13.8. The number of carbonyl (C=O) groups is 1. The number of carbonyl (C=O) groups excluding carboxylic acids is 1. The number of nitriles is 1. The molecule has 0 radical (unpaired) electrons. The Morgan fingerprint density at radius 3 is 2.42 bits per heavy atom. The highest BCUT2D eigenvalue weighted by molar-refractivity contribution is 6.27. The Bertz CT molecular complexity index is 730. The van der Waals surface area contributed by atoms with Crippen molar-refractivity contribution in [2.75, 3.05) is 0 Å². The fraction of sp³-hybridized carbons (Fsp3) is 0.0714. The van der Waals surface area contributed by atoms with E-state index in [0.717, 1.165) is 12.1 Å². The minimum Gasteiger partial charge on any atom is -0.289 e. The number of hydrogen-bond donors (Lipinski definition) is 0. The quantitative estimate of drug-likeness (QED) is 0.406. The Morgan fingerprint density at radius 2 is 1.95 bits per heavy atom. The highest BCUT2D eigenvalue weighted by atomic mass is 19.1. The summed E-state index contributed by atoms with van der Waals surface area (Å²) in [6.45, 7) is 8.42. The molecule has 1 aliphatic rings. The van der Waals surface area contributed by atoms with E-state index in [9.17, 15) is 13.6 Å². The van der Waals surface area contributed by atoms with Crippen molar-refractivity contribution in [1.29, 1.82) is 5.26 Å². The molecule has 92 valence electrons. The van der Waals surface area contributed by atoms with Gasteiger partial charge in [0.2, 0.25) is 0 Å². The van der Waals surface area contributed by atoms with Gasteiger partial charge >= 0.3 is 0 Å². The van der Waals surface area contributed by atoms with Gasteiger partial charge < -0.3 is 0 Å². The zero-order valence-corrected chi connectivity index (χ0v) is 9.79. The van der Waals surface area contributed by atoms with Crippen LogP contribution in [0.2, 0.25) is 0 Å². The Labute approximate surface area is 107 Å². The molecule has 1 aromatic rings. The first-order chi connectivity index (χ1) is 9.06. The molecule has 1 aliphatic carbocycles. The van der Waals surface area contributed by atoms with Gasteiger partial charge in [0.15, 0.2) is 5.78 Å². The summed E-state index contributed by atoms with van der Waals surface area (Å²) in [5.41, 5.74) is -1.29. The van der Waals surface area contributed by atoms with Crippen LogP contribution in [0, 0.1) is 29.5 Å². The fourth-order valence-corrected chi connectivity index (χ4v) is 2.06. The minimum atomic E-state index is -0.863. The number of fused-ring (bicyclic) bond motifs is 1. The highest BCUT2D eigenvalue weighted by Gasteiger charge is 2.36. The number of nitrogens with zero attached hydrogens (tertiary/aromatic N) is 2. The third kappa shape index (κ3) is 1.64. The summed E-state index contributed by atoms with van der Waals surface area (Å²) in [5, 5.41) is 8.90. The maximum absolute atomic E-state index is 13.8. The molecule has 0 spiro atoms. The van der Waals surface area contributed by atoms with Crippen molar-refractivity contribution in [3.63, 3.8) is 0 Å². The van der Waals surface area contributed by atoms with Crippen LogP contribution in [0.25, 0.3) is 10.4 Å². The van der Waals surface area contributed by atoms with Crippen LogP contribution in [0.1, 0.15) is 22.8 Å². The molecule has 0 unspecified atom stereocenters. The molecule has 0 heterocycles. The molecule has 0 fully saturated rings. The molecule has 3 nitrogen and oxygen atoms in total. The fourth-order valence-electron chi connectivity index (χ4n) is 2.06. The molecule has 0 saturated heterocycles. The predicted octanol–water partition coefficient (Wildman–Crippen LogP) is 3.26. The first-order valence-corrected chi connectivity index (χ1v) is 5.28. The predicted molar refractivity (Wildman–Crippen MR) is 63.6 cm³/mol. The van der Waals surface area contributed by atoms with Crippen LogP contribution in [0.4, 0.5) is 8.78 Å². The van der Waals surface area contributed by atoms with E-state index in [1.165, 1.54) is 13.0 Å². The average molecular weight is 256 g/mol. The van der Waals surface area contributed by atoms with Crippen molar-refractivity contribution in [2.45, 2.75) is 6.92 Å². The lowest BCUT2D eigenvalue weighted by molar-refractivity contribution is 0.103. The lowest BCUT2D eigenvalue weighted by atomic mass is 10.0. The van der Waals surface area contributed by atoms with E-state index in [2.05, 4.69) is 4.85 Å². The maximum Gasteiger partial charge on any atom is 0.270 e. The minimum absolute atomic E-state index is 0.0217. The Kier molecular flexibility index (Phi) is 2.98. The second-order valence-electron chi connectivity index (χ2n) is 3.76. The molecule has 1 aromatic carbocycles. The Morgan fingerprint density at radius 1 is 1.37 bits per heavy atom. The monoisotopic (exact) mass is 256 g/mol. The highest BCUT2D eigenvalue weighted by Crippen LogP contribution is 2.41. The third-order valence-corrected chi connectivity index (χ3v) is 2.84. The van der Waals surface area contributed by atoms with Crippen molar-refractivity contribution in [1.82, 2.24) is 0 Å². The van der Waals surface area contributed by atoms with Gasteiger partial charge in [-0.25, -0.2) is 18.9 Å². The van der Waals surface area contributed by atoms with Gasteiger partial charge in [0.1, 0.15) is 11.6 Å². The second-order valence-corrected chi connectivity index (χ2v) is 3.76. The van der Waals surface area contributed by atoms with E-state index in [-0.39, 0.29) is 16.7 Å². The van der Waals surface area contributed by atoms with E-state index >= 15 is 0 Å². The van der Waals surface area contributed by atoms with Gasteiger partial charge in [0.25, 0.3) is 5.70 Å². The molecule has 0 N–H and O–H groups in total. The van der Waals surface area contributed by atoms with Gasteiger partial charge in [-0.2, -0.15) is 0 Å². The second kappa shape index (κ2) is 4.47. The Hall–Kier alpha value is -2.79. The van der Waals surface area contributed by atoms with Gasteiger partial charge in [0.05, 0.1) is 18.2 Å². The molecule has 5 heteroatoms. The molecule has 19 heavy (non-hydrogen) atoms. The lowest BCUT2D eigenvalue weighted by Crippen LogP contribution is -1.99. The van der Waals surface area contributed by atoms with E-state index in [4.69, 9.17) is 11.8 Å². The number of rotatable bonds is 0. The molecule has 0 bridgehead atoms. The van der Waals surface area contributed by atoms with E-state index in [0.29, 0.717) is 0 Å². The van der Waals surface area contributed by atoms with Gasteiger partial charge in [-0.05, 0) is 19.1 Å². The van der Waals surface area contributed by atoms with Gasteiger partial charge in [-0.1, -0.05) is 6.08 Å². The molecule has 0 amide bonds. The Balaban J connectivity index is 3.00. The van der Waals surface area contributed by atoms with Crippen LogP contribution in [-0.4, -0.2) is 5.78 Å². The number of allylic oxidation sites excluding steroid dienone is 4. The summed E-state index contributed by atoms with van der Waals surface area (Å²) in [5.74, 6) is -2.40. The lowest BCUT2D eigenvalue weighted by Gasteiger charge is -2.03. The van der Waals surface area contributed by atoms with Crippen LogP contribution in [0.15, 0.2) is 29.5 Å². The molecular formula is C14H6F2N2O. The van der Waals surface area contributed by atoms with Crippen LogP contribution in [0.5, 0.6) is 0 Å². The standard InChI is InChI=1S/C14H6F2N2O/c1-3-7-11(10(6-17)18-2)12-8(15)4-5-9(16)13(12)14(7)19/h3-5H,1H3/b7-3-,11-10?. The first-order valence-electron chi connectivity index (χ1n) is 5.28. The number of hydrogen-bond acceptors (Lipinski definition) is 2. The van der Waals surface area contributed by atoms with Crippen molar-refractivity contribution < 1.29 is 13.6 Å². The molecule has 0 aliphatic heterocycles. The number of Topliss-reactive ketones (excluding diaryl/α,β-unsaturated/α-hetero) is 1. The topological polar surface area (TPSA) is 45.2 Å². The summed E-state index contributed by atoms with van der Waals surface area (Å²) >= 11 is 0. The molecule has 0 saturated carbocycles. The average Bonchev–Trinajstić information content (AvgIpc) is 2.70. The zero-order chi connectivity index (χ0) is 14.2. The normalized spacial score (nSPS) is 17.9.